The molecule has 2 aliphatic heterocycles. The fraction of sp³-hybridized carbons (Fsp3) is 0.400. The lowest BCUT2D eigenvalue weighted by Gasteiger charge is -2.36. The highest BCUT2D eigenvalue weighted by atomic mass is 16.3. The monoisotopic (exact) mass is 352 g/mol. The number of benzene rings is 1. The smallest absolute Gasteiger partial charge is 0.270 e. The molecule has 0 saturated carbocycles. The number of piperidine rings is 1. The van der Waals surface area contributed by atoms with E-state index < -0.39 is 0 Å². The summed E-state index contributed by atoms with van der Waals surface area (Å²) in [6, 6.07) is 10.2. The van der Waals surface area contributed by atoms with Gasteiger partial charge in [0.25, 0.3) is 5.91 Å². The lowest BCUT2D eigenvalue weighted by atomic mass is 9.97. The van der Waals surface area contributed by atoms with Crippen LogP contribution >= 0.6 is 0 Å². The summed E-state index contributed by atoms with van der Waals surface area (Å²) in [4.78, 5) is 15.0. The van der Waals surface area contributed by atoms with E-state index in [0.717, 1.165) is 18.4 Å². The van der Waals surface area contributed by atoms with Crippen LogP contribution in [-0.4, -0.2) is 41.7 Å². The van der Waals surface area contributed by atoms with E-state index >= 15 is 0 Å². The number of carbonyl (C=O) groups excluding carboxylic acids is 1. The average molecular weight is 352 g/mol. The second-order valence-electron chi connectivity index (χ2n) is 7.35. The molecule has 2 atom stereocenters. The van der Waals surface area contributed by atoms with Gasteiger partial charge in [0, 0.05) is 34.9 Å². The fourth-order valence-corrected chi connectivity index (χ4v) is 4.30. The molecule has 4 N–H and O–H groups in total. The van der Waals surface area contributed by atoms with Gasteiger partial charge in [0.15, 0.2) is 0 Å². The van der Waals surface area contributed by atoms with Crippen molar-refractivity contribution in [2.75, 3.05) is 12.8 Å². The number of nitrogens with zero attached hydrogens (tertiary/aromatic N) is 1. The molecule has 26 heavy (non-hydrogen) atoms. The van der Waals surface area contributed by atoms with Gasteiger partial charge < -0.3 is 20.4 Å². The summed E-state index contributed by atoms with van der Waals surface area (Å²) in [6.45, 7) is 0. The minimum Gasteiger partial charge on any atom is -0.464 e. The van der Waals surface area contributed by atoms with Crippen LogP contribution in [0.15, 0.2) is 41.0 Å². The van der Waals surface area contributed by atoms with E-state index in [1.807, 2.05) is 18.2 Å². The Morgan fingerprint density at radius 3 is 2.62 bits per heavy atom. The van der Waals surface area contributed by atoms with E-state index in [1.165, 1.54) is 12.8 Å². The first-order chi connectivity index (χ1) is 12.5. The Morgan fingerprint density at radius 2 is 2.00 bits per heavy atom. The molecular weight excluding hydrogens is 328 g/mol. The van der Waals surface area contributed by atoms with Crippen LogP contribution in [0.1, 0.15) is 31.2 Å². The summed E-state index contributed by atoms with van der Waals surface area (Å²) in [6.07, 6.45) is 5.92. The second kappa shape index (κ2) is 6.61. The number of nitrogen functional groups attached to an aromatic ring is 1. The number of nitrogens with two attached hydrogens (primary N) is 1. The van der Waals surface area contributed by atoms with E-state index in [4.69, 9.17) is 15.6 Å². The van der Waals surface area contributed by atoms with Crippen molar-refractivity contribution >= 4 is 17.3 Å². The Kier molecular flexibility index (Phi) is 4.28. The van der Waals surface area contributed by atoms with Gasteiger partial charge in [0.2, 0.25) is 0 Å². The number of hydrogen-bond donors (Lipinski definition) is 3. The molecule has 2 saturated heterocycles. The zero-order chi connectivity index (χ0) is 18.3. The first kappa shape index (κ1) is 16.8. The molecule has 2 aromatic rings. The number of hydrogen-bond acceptors (Lipinski definition) is 5. The van der Waals surface area contributed by atoms with Gasteiger partial charge >= 0.3 is 0 Å². The lowest BCUT2D eigenvalue weighted by molar-refractivity contribution is -0.115. The number of rotatable bonds is 4. The van der Waals surface area contributed by atoms with E-state index in [-0.39, 0.29) is 17.7 Å². The Bertz CT molecular complexity index is 816. The maximum Gasteiger partial charge on any atom is 0.270 e. The van der Waals surface area contributed by atoms with Crippen molar-refractivity contribution in [1.82, 2.24) is 10.2 Å². The van der Waals surface area contributed by atoms with Crippen molar-refractivity contribution in [2.24, 2.45) is 0 Å². The highest BCUT2D eigenvalue weighted by molar-refractivity contribution is 6.45. The molecule has 2 aliphatic rings. The number of fused-ring (bicyclic) bond motifs is 2. The summed E-state index contributed by atoms with van der Waals surface area (Å²) >= 11 is 0. The van der Waals surface area contributed by atoms with Crippen molar-refractivity contribution in [3.63, 3.8) is 0 Å². The van der Waals surface area contributed by atoms with Crippen molar-refractivity contribution in [3.05, 3.63) is 42.2 Å². The van der Waals surface area contributed by atoms with E-state index in [2.05, 4.69) is 17.3 Å². The van der Waals surface area contributed by atoms with Crippen LogP contribution in [-0.2, 0) is 4.79 Å². The quantitative estimate of drug-likeness (QED) is 0.582. The zero-order valence-corrected chi connectivity index (χ0v) is 14.9. The number of nitrogens with one attached hydrogen (secondary N) is 2. The number of furan rings is 1. The molecule has 136 valence electrons. The van der Waals surface area contributed by atoms with E-state index in [9.17, 15) is 4.79 Å². The molecule has 2 unspecified atom stereocenters. The molecular formula is C20H24N4O2. The summed E-state index contributed by atoms with van der Waals surface area (Å²) in [5.74, 6) is 0.359. The molecule has 6 nitrogen and oxygen atoms in total. The third-order valence-corrected chi connectivity index (χ3v) is 5.79. The van der Waals surface area contributed by atoms with Crippen LogP contribution in [0.25, 0.3) is 11.3 Å². The summed E-state index contributed by atoms with van der Waals surface area (Å²) in [5.41, 5.74) is 7.71. The highest BCUT2D eigenvalue weighted by Gasteiger charge is 2.39. The van der Waals surface area contributed by atoms with Gasteiger partial charge in [-0.15, -0.1) is 0 Å². The van der Waals surface area contributed by atoms with Crippen LogP contribution in [0.3, 0.4) is 0 Å². The van der Waals surface area contributed by atoms with Crippen molar-refractivity contribution in [2.45, 2.75) is 43.8 Å². The summed E-state index contributed by atoms with van der Waals surface area (Å²) in [7, 11) is 2.17. The van der Waals surface area contributed by atoms with Crippen LogP contribution in [0, 0.1) is 5.41 Å². The Labute approximate surface area is 152 Å². The first-order valence-electron chi connectivity index (χ1n) is 9.08. The van der Waals surface area contributed by atoms with Crippen molar-refractivity contribution < 1.29 is 9.21 Å². The average Bonchev–Trinajstić information content (AvgIpc) is 3.21. The molecule has 1 aromatic heterocycles. The van der Waals surface area contributed by atoms with Gasteiger partial charge in [-0.2, -0.15) is 0 Å². The van der Waals surface area contributed by atoms with Gasteiger partial charge in [-0.1, -0.05) is 6.07 Å². The second-order valence-corrected chi connectivity index (χ2v) is 7.35. The molecule has 2 bridgehead atoms. The standard InChI is InChI=1S/C20H24N4O2/c1-24-14-5-6-15(24)11-13(10-14)23-20(25)19(22)16-7-4-12(9-17(16)21)18-3-2-8-26-18/h2-4,7-9,13-15,22H,5-6,10-11,21H2,1H3,(H,23,25). The van der Waals surface area contributed by atoms with E-state index in [1.54, 1.807) is 18.4 Å². The van der Waals surface area contributed by atoms with E-state index in [0.29, 0.717) is 29.1 Å². The Balaban J connectivity index is 1.45. The van der Waals surface area contributed by atoms with Crippen LogP contribution < -0.4 is 11.1 Å². The summed E-state index contributed by atoms with van der Waals surface area (Å²) < 4.78 is 5.37. The third-order valence-electron chi connectivity index (χ3n) is 5.79. The number of anilines is 1. The van der Waals surface area contributed by atoms with Gasteiger partial charge in [-0.05, 0) is 57.0 Å². The molecule has 0 spiro atoms. The molecule has 1 amide bonds. The van der Waals surface area contributed by atoms with Gasteiger partial charge in [0.1, 0.15) is 11.5 Å². The number of carbonyl (C=O) groups is 1. The predicted molar refractivity (Wildman–Crippen MR) is 101 cm³/mol. The van der Waals surface area contributed by atoms with Gasteiger partial charge in [-0.25, -0.2) is 0 Å². The maximum atomic E-state index is 12.6. The zero-order valence-electron chi connectivity index (χ0n) is 14.9. The molecule has 2 fully saturated rings. The molecule has 3 heterocycles. The van der Waals surface area contributed by atoms with Crippen molar-refractivity contribution in [1.29, 1.82) is 5.41 Å². The van der Waals surface area contributed by atoms with Gasteiger partial charge in [0.05, 0.1) is 6.26 Å². The summed E-state index contributed by atoms with van der Waals surface area (Å²) in [5, 5.41) is 11.3. The van der Waals surface area contributed by atoms with Crippen LogP contribution in [0.2, 0.25) is 0 Å². The fourth-order valence-electron chi connectivity index (χ4n) is 4.30. The Morgan fingerprint density at radius 1 is 1.27 bits per heavy atom. The Hall–Kier alpha value is -2.60. The van der Waals surface area contributed by atoms with Crippen molar-refractivity contribution in [3.8, 4) is 11.3 Å². The number of amides is 1. The largest absolute Gasteiger partial charge is 0.464 e. The third kappa shape index (κ3) is 3.01. The minimum absolute atomic E-state index is 0.0835. The highest BCUT2D eigenvalue weighted by Crippen LogP contribution is 2.34. The molecule has 1 aromatic carbocycles. The molecule has 4 rings (SSSR count). The molecule has 0 aliphatic carbocycles. The van der Waals surface area contributed by atoms with Crippen LogP contribution in [0.5, 0.6) is 0 Å². The topological polar surface area (TPSA) is 95.4 Å². The molecule has 6 heteroatoms. The maximum absolute atomic E-state index is 12.6. The molecule has 0 radical (unpaired) electrons. The minimum atomic E-state index is -0.351. The normalized spacial score (nSPS) is 25.2. The van der Waals surface area contributed by atoms with Gasteiger partial charge in [-0.3, -0.25) is 10.2 Å². The van der Waals surface area contributed by atoms with Crippen LogP contribution in [0.4, 0.5) is 5.69 Å². The SMILES string of the molecule is CN1C2CCC1CC(NC(=O)C(=N)c1ccc(-c3ccco3)cc1N)C2. The predicted octanol–water partition coefficient (Wildman–Crippen LogP) is 2.64. The lowest BCUT2D eigenvalue weighted by Crippen LogP contribution is -2.50. The first-order valence-corrected chi connectivity index (χ1v) is 9.08.